The summed E-state index contributed by atoms with van der Waals surface area (Å²) in [5.41, 5.74) is 3.53. The number of carbonyl (C=O) groups excluding carboxylic acids is 1. The van der Waals surface area contributed by atoms with Gasteiger partial charge in [-0.25, -0.2) is 0 Å². The van der Waals surface area contributed by atoms with Gasteiger partial charge in [0.05, 0.1) is 11.6 Å². The zero-order valence-electron chi connectivity index (χ0n) is 13.5. The Hall–Kier alpha value is -1.62. The first-order valence-corrected chi connectivity index (χ1v) is 7.48. The van der Waals surface area contributed by atoms with Gasteiger partial charge in [-0.1, -0.05) is 40.2 Å². The molecule has 1 aromatic carbocycles. The quantitative estimate of drug-likeness (QED) is 0.780. The number of unbranched alkanes of at least 4 members (excludes halogenated alkanes) is 1. The van der Waals surface area contributed by atoms with Crippen LogP contribution in [0, 0.1) is 17.2 Å². The van der Waals surface area contributed by atoms with E-state index in [0.29, 0.717) is 0 Å². The van der Waals surface area contributed by atoms with Crippen molar-refractivity contribution in [1.29, 1.82) is 5.26 Å². The smallest absolute Gasteiger partial charge is 0.132 e. The molecule has 0 aliphatic heterocycles. The summed E-state index contributed by atoms with van der Waals surface area (Å²) in [5.74, 6) is 0.472. The molecule has 0 saturated carbocycles. The molecule has 0 aliphatic carbocycles. The van der Waals surface area contributed by atoms with Gasteiger partial charge in [0.25, 0.3) is 0 Å². The van der Waals surface area contributed by atoms with Crippen LogP contribution in [0.5, 0.6) is 0 Å². The van der Waals surface area contributed by atoms with Crippen LogP contribution >= 0.6 is 0 Å². The lowest BCUT2D eigenvalue weighted by atomic mass is 9.98. The lowest BCUT2D eigenvalue weighted by molar-refractivity contribution is -0.119. The first kappa shape index (κ1) is 18.4. The molecular weight excluding hydrogens is 246 g/mol. The Morgan fingerprint density at radius 1 is 1.25 bits per heavy atom. The van der Waals surface area contributed by atoms with Crippen molar-refractivity contribution in [3.63, 3.8) is 0 Å². The normalized spacial score (nSPS) is 9.65. The molecule has 0 heterocycles. The van der Waals surface area contributed by atoms with Gasteiger partial charge >= 0.3 is 0 Å². The van der Waals surface area contributed by atoms with Crippen molar-refractivity contribution >= 4 is 5.78 Å². The Labute approximate surface area is 123 Å². The van der Waals surface area contributed by atoms with Crippen LogP contribution in [0.15, 0.2) is 18.2 Å². The van der Waals surface area contributed by atoms with Gasteiger partial charge in [-0.2, -0.15) is 5.26 Å². The predicted molar refractivity (Wildman–Crippen MR) is 84.7 cm³/mol. The number of carbonyl (C=O) groups is 1. The van der Waals surface area contributed by atoms with Crippen molar-refractivity contribution in [1.82, 2.24) is 0 Å². The van der Waals surface area contributed by atoms with Crippen molar-refractivity contribution in [2.24, 2.45) is 5.92 Å². The Balaban J connectivity index is 0.000000511. The Bertz CT molecular complexity index is 455. The highest BCUT2D eigenvalue weighted by Gasteiger charge is 2.01. The highest BCUT2D eigenvalue weighted by Crippen LogP contribution is 2.15. The minimum absolute atomic E-state index is 0.213. The molecule has 0 saturated heterocycles. The summed E-state index contributed by atoms with van der Waals surface area (Å²) in [6, 6.07) is 8.23. The Kier molecular flexibility index (Phi) is 9.38. The van der Waals surface area contributed by atoms with E-state index in [-0.39, 0.29) is 11.7 Å². The molecule has 110 valence electrons. The molecule has 1 aromatic rings. The number of nitrogens with zero attached hydrogens (tertiary/aromatic N) is 1. The van der Waals surface area contributed by atoms with Gasteiger partial charge in [0.1, 0.15) is 5.78 Å². The first-order chi connectivity index (χ1) is 9.46. The fourth-order valence-corrected chi connectivity index (χ4v) is 1.64. The van der Waals surface area contributed by atoms with E-state index >= 15 is 0 Å². The van der Waals surface area contributed by atoms with Gasteiger partial charge in [-0.15, -0.1) is 0 Å². The second kappa shape index (κ2) is 10.2. The van der Waals surface area contributed by atoms with Crippen LogP contribution in [-0.2, 0) is 17.6 Å². The highest BCUT2D eigenvalue weighted by atomic mass is 16.1. The van der Waals surface area contributed by atoms with Crippen molar-refractivity contribution in [3.05, 3.63) is 34.9 Å². The summed E-state index contributed by atoms with van der Waals surface area (Å²) in [6.45, 7) is 9.74. The van der Waals surface area contributed by atoms with E-state index in [9.17, 15) is 4.79 Å². The Morgan fingerprint density at radius 2 is 1.85 bits per heavy atom. The molecule has 0 aromatic heterocycles. The van der Waals surface area contributed by atoms with Crippen molar-refractivity contribution in [2.75, 3.05) is 0 Å². The SMILES string of the molecule is CC(=O)C(C)C.CCCCc1cc(C#N)ccc1CC. The third-order valence-corrected chi connectivity index (χ3v) is 3.33. The number of ketones is 1. The zero-order chi connectivity index (χ0) is 15.5. The van der Waals surface area contributed by atoms with Gasteiger partial charge in [-0.3, -0.25) is 4.79 Å². The number of rotatable bonds is 5. The predicted octanol–water partition coefficient (Wildman–Crippen LogP) is 4.69. The molecule has 0 spiro atoms. The fourth-order valence-electron chi connectivity index (χ4n) is 1.64. The third kappa shape index (κ3) is 7.09. The van der Waals surface area contributed by atoms with E-state index < -0.39 is 0 Å². The lowest BCUT2D eigenvalue weighted by Gasteiger charge is -2.07. The molecule has 2 heteroatoms. The summed E-state index contributed by atoms with van der Waals surface area (Å²) in [6.07, 6.45) is 4.59. The number of Topliss-reactive ketones (excluding diaryl/α,β-unsaturated/α-hetero) is 1. The average molecular weight is 273 g/mol. The molecule has 0 atom stereocenters. The monoisotopic (exact) mass is 273 g/mol. The zero-order valence-corrected chi connectivity index (χ0v) is 13.5. The van der Waals surface area contributed by atoms with Crippen LogP contribution in [0.2, 0.25) is 0 Å². The Morgan fingerprint density at radius 3 is 2.25 bits per heavy atom. The summed E-state index contributed by atoms with van der Waals surface area (Å²) in [7, 11) is 0. The van der Waals surface area contributed by atoms with Crippen LogP contribution in [0.25, 0.3) is 0 Å². The topological polar surface area (TPSA) is 40.9 Å². The molecule has 0 N–H and O–H groups in total. The molecule has 0 radical (unpaired) electrons. The summed E-state index contributed by atoms with van der Waals surface area (Å²) < 4.78 is 0. The van der Waals surface area contributed by atoms with Gasteiger partial charge in [0.15, 0.2) is 0 Å². The minimum Gasteiger partial charge on any atom is -0.300 e. The van der Waals surface area contributed by atoms with Crippen LogP contribution in [0.1, 0.15) is 64.2 Å². The lowest BCUT2D eigenvalue weighted by Crippen LogP contribution is -1.98. The second-order valence-corrected chi connectivity index (χ2v) is 5.32. The number of aryl methyl sites for hydroxylation is 2. The first-order valence-electron chi connectivity index (χ1n) is 7.48. The van der Waals surface area contributed by atoms with E-state index in [4.69, 9.17) is 5.26 Å². The molecule has 0 unspecified atom stereocenters. The maximum atomic E-state index is 10.1. The fraction of sp³-hybridized carbons (Fsp3) is 0.556. The summed E-state index contributed by atoms with van der Waals surface area (Å²) >= 11 is 0. The van der Waals surface area contributed by atoms with Gasteiger partial charge in [-0.05, 0) is 49.4 Å². The molecule has 2 nitrogen and oxygen atoms in total. The number of benzene rings is 1. The molecule has 0 fully saturated rings. The highest BCUT2D eigenvalue weighted by molar-refractivity contribution is 5.77. The molecular formula is C18H27NO. The van der Waals surface area contributed by atoms with Gasteiger partial charge in [0, 0.05) is 5.92 Å². The summed E-state index contributed by atoms with van der Waals surface area (Å²) in [5, 5.41) is 8.80. The maximum absolute atomic E-state index is 10.1. The third-order valence-electron chi connectivity index (χ3n) is 3.33. The van der Waals surface area contributed by atoms with E-state index in [2.05, 4.69) is 26.0 Å². The van der Waals surface area contributed by atoms with Crippen molar-refractivity contribution < 1.29 is 4.79 Å². The number of hydrogen-bond acceptors (Lipinski definition) is 2. The second-order valence-electron chi connectivity index (χ2n) is 5.32. The van der Waals surface area contributed by atoms with Crippen molar-refractivity contribution in [2.45, 2.75) is 60.3 Å². The van der Waals surface area contributed by atoms with Crippen LogP contribution in [0.4, 0.5) is 0 Å². The molecule has 0 aliphatic rings. The van der Waals surface area contributed by atoms with Crippen LogP contribution in [-0.4, -0.2) is 5.78 Å². The average Bonchev–Trinajstić information content (AvgIpc) is 2.45. The maximum Gasteiger partial charge on any atom is 0.132 e. The minimum atomic E-state index is 0.213. The largest absolute Gasteiger partial charge is 0.300 e. The van der Waals surface area contributed by atoms with Crippen molar-refractivity contribution in [3.8, 4) is 6.07 Å². The van der Waals surface area contributed by atoms with Gasteiger partial charge < -0.3 is 0 Å². The van der Waals surface area contributed by atoms with E-state index in [0.717, 1.165) is 18.4 Å². The molecule has 1 rings (SSSR count). The summed E-state index contributed by atoms with van der Waals surface area (Å²) in [4.78, 5) is 10.1. The number of hydrogen-bond donors (Lipinski definition) is 0. The van der Waals surface area contributed by atoms with Crippen LogP contribution < -0.4 is 0 Å². The van der Waals surface area contributed by atoms with E-state index in [1.807, 2.05) is 26.0 Å². The standard InChI is InChI=1S/C13H17N.C5H10O/c1-3-5-6-13-9-11(10-14)7-8-12(13)4-2;1-4(2)5(3)6/h7-9H,3-6H2,1-2H3;4H,1-3H3. The molecule has 20 heavy (non-hydrogen) atoms. The molecule has 0 bridgehead atoms. The van der Waals surface area contributed by atoms with Crippen LogP contribution in [0.3, 0.4) is 0 Å². The van der Waals surface area contributed by atoms with E-state index in [1.54, 1.807) is 6.92 Å². The van der Waals surface area contributed by atoms with Gasteiger partial charge in [0.2, 0.25) is 0 Å². The van der Waals surface area contributed by atoms with E-state index in [1.165, 1.54) is 24.0 Å². The molecule has 0 amide bonds. The number of nitriles is 1.